The van der Waals surface area contributed by atoms with Crippen molar-refractivity contribution in [3.63, 3.8) is 0 Å². The van der Waals surface area contributed by atoms with E-state index in [2.05, 4.69) is 15.0 Å². The largest absolute Gasteiger partial charge is 0.461 e. The number of fused-ring (bicyclic) bond motifs is 1. The molecule has 4 N–H and O–H groups in total. The Morgan fingerprint density at radius 2 is 2.35 bits per heavy atom. The van der Waals surface area contributed by atoms with E-state index >= 15 is 0 Å². The molecule has 20 heavy (non-hydrogen) atoms. The Hall–Kier alpha value is -2.87. The Labute approximate surface area is 112 Å². The van der Waals surface area contributed by atoms with Crippen LogP contribution in [0.2, 0.25) is 0 Å². The molecule has 0 bridgehead atoms. The number of aliphatic hydroxyl groups is 1. The van der Waals surface area contributed by atoms with Crippen LogP contribution in [0.15, 0.2) is 33.7 Å². The second-order valence-electron chi connectivity index (χ2n) is 3.97. The second-order valence-corrected chi connectivity index (χ2v) is 3.97. The normalized spacial score (nSPS) is 11.7. The van der Waals surface area contributed by atoms with E-state index in [0.717, 1.165) is 0 Å². The maximum atomic E-state index is 11.9. The summed E-state index contributed by atoms with van der Waals surface area (Å²) in [5.74, 6) is 0.869. The first-order valence-electron chi connectivity index (χ1n) is 5.80. The standard InChI is InChI=1S/C12H11N5O3/c13-12-15-10-8(11(19)16-12)14-9(7-3-1-6-20-7)17(10)4-2-5-18/h1-4,6,18H,5H2,(H3,13,15,16,19). The van der Waals surface area contributed by atoms with Gasteiger partial charge in [-0.25, -0.2) is 4.98 Å². The highest BCUT2D eigenvalue weighted by Crippen LogP contribution is 2.23. The molecule has 0 saturated heterocycles. The minimum absolute atomic E-state index is 0.00737. The molecule has 0 aliphatic rings. The number of imidazole rings is 1. The smallest absolute Gasteiger partial charge is 0.280 e. The first-order valence-corrected chi connectivity index (χ1v) is 5.80. The molecule has 0 radical (unpaired) electrons. The lowest BCUT2D eigenvalue weighted by Crippen LogP contribution is -2.11. The van der Waals surface area contributed by atoms with E-state index in [4.69, 9.17) is 15.3 Å². The summed E-state index contributed by atoms with van der Waals surface area (Å²) in [7, 11) is 0. The molecular weight excluding hydrogens is 262 g/mol. The highest BCUT2D eigenvalue weighted by atomic mass is 16.3. The summed E-state index contributed by atoms with van der Waals surface area (Å²) in [6.45, 7) is -0.157. The van der Waals surface area contributed by atoms with Gasteiger partial charge in [0.05, 0.1) is 12.9 Å². The van der Waals surface area contributed by atoms with Crippen molar-refractivity contribution in [1.29, 1.82) is 0 Å². The molecule has 102 valence electrons. The van der Waals surface area contributed by atoms with Gasteiger partial charge in [0.15, 0.2) is 22.7 Å². The fourth-order valence-corrected chi connectivity index (χ4v) is 1.87. The third-order valence-electron chi connectivity index (χ3n) is 2.67. The van der Waals surface area contributed by atoms with Gasteiger partial charge in [-0.05, 0) is 18.2 Å². The van der Waals surface area contributed by atoms with E-state index < -0.39 is 5.56 Å². The molecule has 0 saturated carbocycles. The lowest BCUT2D eigenvalue weighted by atomic mass is 10.4. The lowest BCUT2D eigenvalue weighted by molar-refractivity contribution is 0.343. The van der Waals surface area contributed by atoms with Crippen LogP contribution in [0.4, 0.5) is 5.95 Å². The number of nitrogens with one attached hydrogen (secondary N) is 1. The zero-order chi connectivity index (χ0) is 14.1. The summed E-state index contributed by atoms with van der Waals surface area (Å²) in [4.78, 5) is 22.5. The zero-order valence-electron chi connectivity index (χ0n) is 10.3. The molecule has 0 aromatic carbocycles. The van der Waals surface area contributed by atoms with Crippen molar-refractivity contribution in [2.24, 2.45) is 0 Å². The van der Waals surface area contributed by atoms with Crippen LogP contribution in [0.5, 0.6) is 0 Å². The number of hydrogen-bond acceptors (Lipinski definition) is 6. The summed E-state index contributed by atoms with van der Waals surface area (Å²) in [6, 6.07) is 3.42. The van der Waals surface area contributed by atoms with Gasteiger partial charge in [0.25, 0.3) is 5.56 Å². The maximum Gasteiger partial charge on any atom is 0.280 e. The van der Waals surface area contributed by atoms with Crippen LogP contribution in [0.3, 0.4) is 0 Å². The number of nitrogens with two attached hydrogens (primary N) is 1. The monoisotopic (exact) mass is 273 g/mol. The number of nitrogen functional groups attached to an aromatic ring is 1. The topological polar surface area (TPSA) is 123 Å². The van der Waals surface area contributed by atoms with Crippen LogP contribution < -0.4 is 11.3 Å². The Morgan fingerprint density at radius 3 is 3.05 bits per heavy atom. The summed E-state index contributed by atoms with van der Waals surface area (Å²) < 4.78 is 6.83. The molecule has 3 rings (SSSR count). The Bertz CT molecular complexity index is 829. The van der Waals surface area contributed by atoms with Gasteiger partial charge in [0.1, 0.15) is 0 Å². The van der Waals surface area contributed by atoms with E-state index in [0.29, 0.717) is 17.2 Å². The van der Waals surface area contributed by atoms with E-state index in [1.807, 2.05) is 0 Å². The van der Waals surface area contributed by atoms with Gasteiger partial charge in [0, 0.05) is 6.20 Å². The number of H-pyrrole nitrogens is 1. The van der Waals surface area contributed by atoms with E-state index in [1.165, 1.54) is 16.9 Å². The summed E-state index contributed by atoms with van der Waals surface area (Å²) in [6.07, 6.45) is 4.55. The fourth-order valence-electron chi connectivity index (χ4n) is 1.87. The molecule has 0 atom stereocenters. The molecule has 3 aromatic rings. The number of hydrogen-bond donors (Lipinski definition) is 3. The van der Waals surface area contributed by atoms with Gasteiger partial charge in [-0.1, -0.05) is 0 Å². The number of anilines is 1. The van der Waals surface area contributed by atoms with Crippen molar-refractivity contribution in [3.8, 4) is 11.6 Å². The minimum Gasteiger partial charge on any atom is -0.461 e. The predicted molar refractivity (Wildman–Crippen MR) is 72.7 cm³/mol. The van der Waals surface area contributed by atoms with Gasteiger partial charge in [-0.3, -0.25) is 14.3 Å². The molecule has 3 aromatic heterocycles. The van der Waals surface area contributed by atoms with Crippen molar-refractivity contribution in [1.82, 2.24) is 19.5 Å². The third kappa shape index (κ3) is 1.88. The first kappa shape index (κ1) is 12.2. The van der Waals surface area contributed by atoms with Crippen LogP contribution in [0.25, 0.3) is 28.9 Å². The van der Waals surface area contributed by atoms with E-state index in [-0.39, 0.29) is 18.1 Å². The van der Waals surface area contributed by atoms with E-state index in [1.54, 1.807) is 18.3 Å². The predicted octanol–water partition coefficient (Wildman–Crippen LogP) is 0.425. The molecule has 0 fully saturated rings. The summed E-state index contributed by atoms with van der Waals surface area (Å²) >= 11 is 0. The van der Waals surface area contributed by atoms with Crippen molar-refractivity contribution in [3.05, 3.63) is 34.8 Å². The third-order valence-corrected chi connectivity index (χ3v) is 2.67. The average Bonchev–Trinajstić information content (AvgIpc) is 3.03. The van der Waals surface area contributed by atoms with Gasteiger partial charge in [-0.15, -0.1) is 0 Å². The van der Waals surface area contributed by atoms with Crippen LogP contribution in [-0.4, -0.2) is 31.2 Å². The van der Waals surface area contributed by atoms with Crippen LogP contribution in [-0.2, 0) is 0 Å². The number of aromatic nitrogens is 4. The Kier molecular flexibility index (Phi) is 2.84. The molecule has 8 heteroatoms. The van der Waals surface area contributed by atoms with Crippen LogP contribution >= 0.6 is 0 Å². The molecule has 0 unspecified atom stereocenters. The van der Waals surface area contributed by atoms with Gasteiger partial charge in [-0.2, -0.15) is 4.98 Å². The average molecular weight is 273 g/mol. The maximum absolute atomic E-state index is 11.9. The van der Waals surface area contributed by atoms with Crippen molar-refractivity contribution in [2.75, 3.05) is 12.3 Å². The Morgan fingerprint density at radius 1 is 1.50 bits per heavy atom. The van der Waals surface area contributed by atoms with Crippen molar-refractivity contribution >= 4 is 23.3 Å². The van der Waals surface area contributed by atoms with Crippen LogP contribution in [0, 0.1) is 0 Å². The van der Waals surface area contributed by atoms with E-state index in [9.17, 15) is 4.79 Å². The minimum atomic E-state index is -0.434. The molecule has 8 nitrogen and oxygen atoms in total. The molecule has 3 heterocycles. The molecular formula is C12H11N5O3. The highest BCUT2D eigenvalue weighted by Gasteiger charge is 2.17. The number of furan rings is 1. The Balaban J connectivity index is 2.37. The van der Waals surface area contributed by atoms with Gasteiger partial charge in [0.2, 0.25) is 5.95 Å². The molecule has 0 amide bonds. The molecule has 0 aliphatic heterocycles. The second kappa shape index (κ2) is 4.67. The molecule has 0 spiro atoms. The number of aliphatic hydroxyl groups excluding tert-OH is 1. The lowest BCUT2D eigenvalue weighted by Gasteiger charge is -2.00. The van der Waals surface area contributed by atoms with Crippen molar-refractivity contribution < 1.29 is 9.52 Å². The van der Waals surface area contributed by atoms with Gasteiger partial charge < -0.3 is 15.3 Å². The number of rotatable bonds is 3. The summed E-state index contributed by atoms with van der Waals surface area (Å²) in [5.41, 5.74) is 5.55. The van der Waals surface area contributed by atoms with Crippen LogP contribution in [0.1, 0.15) is 0 Å². The van der Waals surface area contributed by atoms with Gasteiger partial charge >= 0.3 is 0 Å². The quantitative estimate of drug-likeness (QED) is 0.635. The molecule has 0 aliphatic carbocycles. The number of aromatic amines is 1. The summed E-state index contributed by atoms with van der Waals surface area (Å²) in [5, 5.41) is 8.91. The highest BCUT2D eigenvalue weighted by molar-refractivity contribution is 5.78. The SMILES string of the molecule is Nc1nc2c(nc(-c3ccco3)n2C=CCO)c(=O)[nH]1. The zero-order valence-corrected chi connectivity index (χ0v) is 10.3. The first-order chi connectivity index (χ1) is 9.70. The number of nitrogens with zero attached hydrogens (tertiary/aromatic N) is 3. The fraction of sp³-hybridized carbons (Fsp3) is 0.0833. The van der Waals surface area contributed by atoms with Crippen molar-refractivity contribution in [2.45, 2.75) is 0 Å².